The first-order chi connectivity index (χ1) is 9.24. The first-order valence-electron chi connectivity index (χ1n) is 6.21. The first kappa shape index (κ1) is 12.3. The summed E-state index contributed by atoms with van der Waals surface area (Å²) in [4.78, 5) is 3.24. The topological polar surface area (TPSA) is 56.5 Å². The molecular formula is C14H15ClN4. The van der Waals surface area contributed by atoms with Gasteiger partial charge < -0.3 is 10.3 Å². The lowest BCUT2D eigenvalue weighted by Crippen LogP contribution is -2.17. The zero-order valence-electron chi connectivity index (χ0n) is 10.6. The van der Waals surface area contributed by atoms with Crippen LogP contribution >= 0.6 is 11.6 Å². The van der Waals surface area contributed by atoms with Crippen molar-refractivity contribution >= 4 is 22.5 Å². The van der Waals surface area contributed by atoms with Gasteiger partial charge in [0.15, 0.2) is 0 Å². The van der Waals surface area contributed by atoms with Crippen LogP contribution < -0.4 is 5.32 Å². The van der Waals surface area contributed by atoms with Crippen molar-refractivity contribution < 1.29 is 0 Å². The van der Waals surface area contributed by atoms with Gasteiger partial charge >= 0.3 is 0 Å². The number of H-pyrrole nitrogens is 2. The SMILES string of the molecule is CC(NCc1c[nH]c2cc(Cl)ccc12)c1cn[nH]c1. The third kappa shape index (κ3) is 2.50. The molecule has 19 heavy (non-hydrogen) atoms. The predicted octanol–water partition coefficient (Wildman–Crippen LogP) is 3.40. The third-order valence-electron chi connectivity index (χ3n) is 3.35. The van der Waals surface area contributed by atoms with Crippen molar-refractivity contribution in [3.05, 3.63) is 52.9 Å². The number of hydrogen-bond donors (Lipinski definition) is 3. The van der Waals surface area contributed by atoms with Crippen molar-refractivity contribution in [2.45, 2.75) is 19.5 Å². The van der Waals surface area contributed by atoms with Crippen molar-refractivity contribution in [1.82, 2.24) is 20.5 Å². The van der Waals surface area contributed by atoms with Crippen LogP contribution in [0, 0.1) is 0 Å². The van der Waals surface area contributed by atoms with E-state index in [0.717, 1.165) is 22.6 Å². The second-order valence-electron chi connectivity index (χ2n) is 4.64. The van der Waals surface area contributed by atoms with Crippen molar-refractivity contribution in [3.8, 4) is 0 Å². The van der Waals surface area contributed by atoms with Crippen LogP contribution in [-0.4, -0.2) is 15.2 Å². The summed E-state index contributed by atoms with van der Waals surface area (Å²) in [5.41, 5.74) is 3.46. The van der Waals surface area contributed by atoms with Gasteiger partial charge in [-0.05, 0) is 24.6 Å². The maximum absolute atomic E-state index is 5.98. The molecule has 2 aromatic heterocycles. The van der Waals surface area contributed by atoms with E-state index in [-0.39, 0.29) is 6.04 Å². The number of halogens is 1. The number of nitrogens with one attached hydrogen (secondary N) is 3. The molecule has 0 aliphatic rings. The molecule has 0 bridgehead atoms. The van der Waals surface area contributed by atoms with Gasteiger partial charge in [-0.2, -0.15) is 5.10 Å². The van der Waals surface area contributed by atoms with Gasteiger partial charge in [-0.3, -0.25) is 5.10 Å². The van der Waals surface area contributed by atoms with Gasteiger partial charge in [-0.15, -0.1) is 0 Å². The Hall–Kier alpha value is -1.78. The third-order valence-corrected chi connectivity index (χ3v) is 3.58. The predicted molar refractivity (Wildman–Crippen MR) is 77.2 cm³/mol. The highest BCUT2D eigenvalue weighted by atomic mass is 35.5. The van der Waals surface area contributed by atoms with E-state index in [0.29, 0.717) is 0 Å². The first-order valence-corrected chi connectivity index (χ1v) is 6.59. The minimum absolute atomic E-state index is 0.260. The number of rotatable bonds is 4. The summed E-state index contributed by atoms with van der Waals surface area (Å²) < 4.78 is 0. The van der Waals surface area contributed by atoms with Crippen LogP contribution in [-0.2, 0) is 6.54 Å². The van der Waals surface area contributed by atoms with Crippen LogP contribution in [0.2, 0.25) is 5.02 Å². The minimum atomic E-state index is 0.260. The highest BCUT2D eigenvalue weighted by Gasteiger charge is 2.08. The van der Waals surface area contributed by atoms with E-state index in [1.165, 1.54) is 10.9 Å². The Morgan fingerprint density at radius 2 is 2.26 bits per heavy atom. The Morgan fingerprint density at radius 3 is 3.05 bits per heavy atom. The fourth-order valence-electron chi connectivity index (χ4n) is 2.18. The molecule has 0 saturated heterocycles. The number of aromatic nitrogens is 3. The maximum Gasteiger partial charge on any atom is 0.0534 e. The Morgan fingerprint density at radius 1 is 1.37 bits per heavy atom. The van der Waals surface area contributed by atoms with Gasteiger partial charge in [-0.1, -0.05) is 17.7 Å². The van der Waals surface area contributed by atoms with E-state index in [9.17, 15) is 0 Å². The van der Waals surface area contributed by atoms with E-state index in [1.807, 2.05) is 36.8 Å². The Kier molecular flexibility index (Phi) is 3.27. The largest absolute Gasteiger partial charge is 0.361 e. The van der Waals surface area contributed by atoms with Crippen LogP contribution in [0.25, 0.3) is 10.9 Å². The summed E-state index contributed by atoms with van der Waals surface area (Å²) in [6, 6.07) is 6.17. The highest BCUT2D eigenvalue weighted by Crippen LogP contribution is 2.22. The second kappa shape index (κ2) is 5.07. The summed E-state index contributed by atoms with van der Waals surface area (Å²) >= 11 is 5.98. The van der Waals surface area contributed by atoms with Crippen LogP contribution in [0.5, 0.6) is 0 Å². The molecular weight excluding hydrogens is 260 g/mol. The molecule has 0 fully saturated rings. The zero-order valence-corrected chi connectivity index (χ0v) is 11.3. The fraction of sp³-hybridized carbons (Fsp3) is 0.214. The molecule has 1 atom stereocenters. The molecule has 0 saturated carbocycles. The van der Waals surface area contributed by atoms with Gasteiger partial charge in [0.1, 0.15) is 0 Å². The number of fused-ring (bicyclic) bond motifs is 1. The second-order valence-corrected chi connectivity index (χ2v) is 5.07. The van der Waals surface area contributed by atoms with Crippen LogP contribution in [0.1, 0.15) is 24.1 Å². The van der Waals surface area contributed by atoms with E-state index >= 15 is 0 Å². The quantitative estimate of drug-likeness (QED) is 0.683. The van der Waals surface area contributed by atoms with Crippen LogP contribution in [0.4, 0.5) is 0 Å². The molecule has 1 unspecified atom stereocenters. The summed E-state index contributed by atoms with van der Waals surface area (Å²) in [6.45, 7) is 2.92. The van der Waals surface area contributed by atoms with Crippen molar-refractivity contribution in [3.63, 3.8) is 0 Å². The lowest BCUT2D eigenvalue weighted by Gasteiger charge is -2.11. The number of benzene rings is 1. The minimum Gasteiger partial charge on any atom is -0.361 e. The standard InChI is InChI=1S/C14H15ClN4/c1-9(10-7-18-19-8-10)16-5-11-6-17-14-4-12(15)2-3-13(11)14/h2-4,6-9,16-17H,5H2,1H3,(H,18,19). The van der Waals surface area contributed by atoms with E-state index in [4.69, 9.17) is 11.6 Å². The van der Waals surface area contributed by atoms with Gasteiger partial charge in [0, 0.05) is 46.5 Å². The van der Waals surface area contributed by atoms with Crippen molar-refractivity contribution in [1.29, 1.82) is 0 Å². The lowest BCUT2D eigenvalue weighted by atomic mass is 10.1. The molecule has 3 aromatic rings. The molecule has 1 aromatic carbocycles. The molecule has 3 rings (SSSR count). The summed E-state index contributed by atoms with van der Waals surface area (Å²) in [5.74, 6) is 0. The number of hydrogen-bond acceptors (Lipinski definition) is 2. The molecule has 0 aliphatic carbocycles. The Bertz CT molecular complexity index is 672. The molecule has 5 heteroatoms. The normalized spacial score (nSPS) is 12.9. The average Bonchev–Trinajstić information content (AvgIpc) is 3.05. The molecule has 98 valence electrons. The van der Waals surface area contributed by atoms with Gasteiger partial charge in [0.05, 0.1) is 6.20 Å². The average molecular weight is 275 g/mol. The molecule has 0 aliphatic heterocycles. The molecule has 0 amide bonds. The van der Waals surface area contributed by atoms with Gasteiger partial charge in [0.25, 0.3) is 0 Å². The highest BCUT2D eigenvalue weighted by molar-refractivity contribution is 6.31. The van der Waals surface area contributed by atoms with E-state index < -0.39 is 0 Å². The van der Waals surface area contributed by atoms with E-state index in [2.05, 4.69) is 27.4 Å². The number of aromatic amines is 2. The molecule has 0 radical (unpaired) electrons. The molecule has 0 spiro atoms. The summed E-state index contributed by atoms with van der Waals surface area (Å²) in [7, 11) is 0. The zero-order chi connectivity index (χ0) is 13.2. The monoisotopic (exact) mass is 274 g/mol. The molecule has 2 heterocycles. The van der Waals surface area contributed by atoms with Crippen molar-refractivity contribution in [2.75, 3.05) is 0 Å². The smallest absolute Gasteiger partial charge is 0.0534 e. The van der Waals surface area contributed by atoms with Gasteiger partial charge in [-0.25, -0.2) is 0 Å². The van der Waals surface area contributed by atoms with Crippen LogP contribution in [0.3, 0.4) is 0 Å². The lowest BCUT2D eigenvalue weighted by molar-refractivity contribution is 0.576. The van der Waals surface area contributed by atoms with Gasteiger partial charge in [0.2, 0.25) is 0 Å². The maximum atomic E-state index is 5.98. The Labute approximate surface area is 116 Å². The summed E-state index contributed by atoms with van der Waals surface area (Å²) in [5, 5.41) is 12.2. The summed E-state index contributed by atoms with van der Waals surface area (Å²) in [6.07, 6.45) is 5.77. The molecule has 3 N–H and O–H groups in total. The molecule has 4 nitrogen and oxygen atoms in total. The number of nitrogens with zero attached hydrogens (tertiary/aromatic N) is 1. The van der Waals surface area contributed by atoms with E-state index in [1.54, 1.807) is 0 Å². The Balaban J connectivity index is 1.75. The van der Waals surface area contributed by atoms with Crippen LogP contribution in [0.15, 0.2) is 36.8 Å². The fourth-order valence-corrected chi connectivity index (χ4v) is 2.36. The van der Waals surface area contributed by atoms with Crippen molar-refractivity contribution in [2.24, 2.45) is 0 Å².